The molecule has 7 nitrogen and oxygen atoms in total. The van der Waals surface area contributed by atoms with Crippen molar-refractivity contribution >= 4 is 51.6 Å². The van der Waals surface area contributed by atoms with E-state index in [2.05, 4.69) is 26.6 Å². The van der Waals surface area contributed by atoms with Crippen molar-refractivity contribution in [2.45, 2.75) is 12.5 Å². The summed E-state index contributed by atoms with van der Waals surface area (Å²) in [7, 11) is 0. The number of halogens is 1. The number of nitrogens with one attached hydrogen (secondary N) is 2. The monoisotopic (exact) mass is 466 g/mol. The number of carboxylic acids is 1. The van der Waals surface area contributed by atoms with Crippen molar-refractivity contribution in [1.82, 2.24) is 10.6 Å². The molecular weight excluding hydrogens is 448 g/mol. The fourth-order valence-corrected chi connectivity index (χ4v) is 3.17. The number of aliphatic carboxylic acids is 1. The Hall–Kier alpha value is -2.52. The van der Waals surface area contributed by atoms with Crippen molar-refractivity contribution in [2.75, 3.05) is 12.0 Å². The molecule has 0 aliphatic carbocycles. The quantitative estimate of drug-likeness (QED) is 0.489. The maximum atomic E-state index is 12.7. The zero-order chi connectivity index (χ0) is 20.5. The summed E-state index contributed by atoms with van der Waals surface area (Å²) in [5.74, 6) is -1.47. The minimum atomic E-state index is -1.14. The van der Waals surface area contributed by atoms with E-state index in [0.717, 1.165) is 0 Å². The molecule has 0 saturated carbocycles. The number of amides is 2. The molecule has 0 radical (unpaired) electrons. The molecule has 0 aliphatic rings. The van der Waals surface area contributed by atoms with E-state index in [1.54, 1.807) is 36.4 Å². The molecule has 1 aromatic carbocycles. The van der Waals surface area contributed by atoms with Crippen LogP contribution in [0.15, 0.2) is 57.2 Å². The van der Waals surface area contributed by atoms with Gasteiger partial charge in [0.1, 0.15) is 17.5 Å². The van der Waals surface area contributed by atoms with Gasteiger partial charge in [0.05, 0.1) is 11.8 Å². The van der Waals surface area contributed by atoms with Crippen LogP contribution in [-0.2, 0) is 9.59 Å². The lowest BCUT2D eigenvalue weighted by Crippen LogP contribution is -2.44. The van der Waals surface area contributed by atoms with Gasteiger partial charge in [-0.2, -0.15) is 11.8 Å². The first-order valence-electron chi connectivity index (χ1n) is 8.26. The average molecular weight is 467 g/mol. The van der Waals surface area contributed by atoms with Crippen LogP contribution in [0.3, 0.4) is 0 Å². The van der Waals surface area contributed by atoms with Crippen LogP contribution in [0.5, 0.6) is 0 Å². The molecule has 0 saturated heterocycles. The van der Waals surface area contributed by atoms with Crippen LogP contribution in [0.1, 0.15) is 22.5 Å². The van der Waals surface area contributed by atoms with Gasteiger partial charge in [-0.25, -0.2) is 4.79 Å². The Balaban J connectivity index is 2.24. The maximum Gasteiger partial charge on any atom is 0.326 e. The molecule has 0 fully saturated rings. The van der Waals surface area contributed by atoms with Gasteiger partial charge in [-0.15, -0.1) is 0 Å². The molecule has 1 aromatic heterocycles. The van der Waals surface area contributed by atoms with Crippen molar-refractivity contribution in [3.8, 4) is 0 Å². The molecule has 1 atom stereocenters. The van der Waals surface area contributed by atoms with Gasteiger partial charge in [-0.3, -0.25) is 9.59 Å². The third kappa shape index (κ3) is 6.28. The number of carbonyl (C=O) groups excluding carboxylic acids is 2. The van der Waals surface area contributed by atoms with Gasteiger partial charge in [-0.1, -0.05) is 12.1 Å². The topological polar surface area (TPSA) is 109 Å². The van der Waals surface area contributed by atoms with E-state index in [1.165, 1.54) is 24.1 Å². The van der Waals surface area contributed by atoms with Crippen LogP contribution >= 0.6 is 27.7 Å². The molecule has 0 bridgehead atoms. The molecule has 2 amide bonds. The second kappa shape index (κ2) is 10.7. The summed E-state index contributed by atoms with van der Waals surface area (Å²) in [6, 6.07) is 8.93. The number of carbonyl (C=O) groups is 3. The largest absolute Gasteiger partial charge is 0.480 e. The van der Waals surface area contributed by atoms with Crippen LogP contribution in [0.4, 0.5) is 0 Å². The Morgan fingerprint density at radius 2 is 2.00 bits per heavy atom. The highest BCUT2D eigenvalue weighted by molar-refractivity contribution is 9.10. The van der Waals surface area contributed by atoms with Crippen molar-refractivity contribution in [1.29, 1.82) is 0 Å². The zero-order valence-corrected chi connectivity index (χ0v) is 17.4. The number of benzene rings is 1. The van der Waals surface area contributed by atoms with E-state index in [0.29, 0.717) is 21.5 Å². The summed E-state index contributed by atoms with van der Waals surface area (Å²) in [6.45, 7) is 0. The Morgan fingerprint density at radius 3 is 2.61 bits per heavy atom. The molecule has 0 spiro atoms. The van der Waals surface area contributed by atoms with E-state index in [1.807, 2.05) is 6.26 Å². The van der Waals surface area contributed by atoms with Gasteiger partial charge >= 0.3 is 5.97 Å². The van der Waals surface area contributed by atoms with Crippen LogP contribution in [0.25, 0.3) is 6.08 Å². The predicted molar refractivity (Wildman–Crippen MR) is 111 cm³/mol. The van der Waals surface area contributed by atoms with Crippen molar-refractivity contribution in [3.05, 3.63) is 64.2 Å². The normalized spacial score (nSPS) is 12.3. The van der Waals surface area contributed by atoms with E-state index in [-0.39, 0.29) is 12.1 Å². The summed E-state index contributed by atoms with van der Waals surface area (Å²) in [5, 5.41) is 14.3. The molecule has 28 heavy (non-hydrogen) atoms. The highest BCUT2D eigenvalue weighted by atomic mass is 79.9. The van der Waals surface area contributed by atoms with Gasteiger partial charge in [0, 0.05) is 10.5 Å². The van der Waals surface area contributed by atoms with E-state index >= 15 is 0 Å². The van der Waals surface area contributed by atoms with E-state index < -0.39 is 23.8 Å². The Bertz CT molecular complexity index is 867. The molecule has 3 N–H and O–H groups in total. The fourth-order valence-electron chi connectivity index (χ4n) is 2.24. The summed E-state index contributed by atoms with van der Waals surface area (Å²) in [4.78, 5) is 36.7. The first-order chi connectivity index (χ1) is 13.4. The molecular formula is C19H19BrN2O5S. The number of thioether (sulfide) groups is 1. The summed E-state index contributed by atoms with van der Waals surface area (Å²) in [5.41, 5.74) is 0.212. The fraction of sp³-hybridized carbons (Fsp3) is 0.211. The molecule has 0 unspecified atom stereocenters. The van der Waals surface area contributed by atoms with E-state index in [4.69, 9.17) is 4.42 Å². The summed E-state index contributed by atoms with van der Waals surface area (Å²) >= 11 is 4.77. The van der Waals surface area contributed by atoms with Crippen LogP contribution < -0.4 is 10.6 Å². The minimum Gasteiger partial charge on any atom is -0.480 e. The lowest BCUT2D eigenvalue weighted by molar-refractivity contribution is -0.141. The first-order valence-corrected chi connectivity index (χ1v) is 10.4. The highest BCUT2D eigenvalue weighted by Crippen LogP contribution is 2.16. The van der Waals surface area contributed by atoms with Gasteiger partial charge in [0.2, 0.25) is 0 Å². The third-order valence-corrected chi connectivity index (χ3v) is 4.99. The average Bonchev–Trinajstić information content (AvgIpc) is 3.17. The molecule has 2 aromatic rings. The SMILES string of the molecule is CSCC[C@@H](NC(=O)/C(=C\c1ccco1)NC(=O)c1ccccc1Br)C(=O)O. The zero-order valence-electron chi connectivity index (χ0n) is 15.0. The number of hydrogen-bond donors (Lipinski definition) is 3. The molecule has 0 aliphatic heterocycles. The minimum absolute atomic E-state index is 0.119. The number of carboxylic acid groups (broad SMARTS) is 1. The lowest BCUT2D eigenvalue weighted by Gasteiger charge is -2.16. The Labute approximate surface area is 174 Å². The maximum absolute atomic E-state index is 12.7. The molecule has 9 heteroatoms. The second-order valence-electron chi connectivity index (χ2n) is 5.65. The molecule has 1 heterocycles. The lowest BCUT2D eigenvalue weighted by atomic mass is 10.2. The van der Waals surface area contributed by atoms with Crippen molar-refractivity contribution in [2.24, 2.45) is 0 Å². The second-order valence-corrected chi connectivity index (χ2v) is 7.49. The Kier molecular flexibility index (Phi) is 8.34. The predicted octanol–water partition coefficient (Wildman–Crippen LogP) is 3.14. The smallest absolute Gasteiger partial charge is 0.326 e. The highest BCUT2D eigenvalue weighted by Gasteiger charge is 2.23. The van der Waals surface area contributed by atoms with Crippen LogP contribution in [-0.4, -0.2) is 40.9 Å². The van der Waals surface area contributed by atoms with Gasteiger partial charge in [-0.05, 0) is 58.6 Å². The Morgan fingerprint density at radius 1 is 1.25 bits per heavy atom. The summed E-state index contributed by atoms with van der Waals surface area (Å²) in [6.07, 6.45) is 4.88. The van der Waals surface area contributed by atoms with E-state index in [9.17, 15) is 19.5 Å². The van der Waals surface area contributed by atoms with Gasteiger partial charge in [0.15, 0.2) is 0 Å². The van der Waals surface area contributed by atoms with Crippen LogP contribution in [0, 0.1) is 0 Å². The van der Waals surface area contributed by atoms with Gasteiger partial charge < -0.3 is 20.2 Å². The standard InChI is InChI=1S/C19H19BrN2O5S/c1-28-10-8-15(19(25)26)21-18(24)16(11-12-5-4-9-27-12)22-17(23)13-6-2-3-7-14(13)20/h2-7,9,11,15H,8,10H2,1H3,(H,21,24)(H,22,23)(H,25,26)/b16-11+/t15-/m1/s1. The van der Waals surface area contributed by atoms with Gasteiger partial charge in [0.25, 0.3) is 11.8 Å². The number of rotatable bonds is 9. The third-order valence-electron chi connectivity index (χ3n) is 3.66. The first kappa shape index (κ1) is 21.8. The number of furan rings is 1. The molecule has 2 rings (SSSR count). The van der Waals surface area contributed by atoms with Crippen LogP contribution in [0.2, 0.25) is 0 Å². The van der Waals surface area contributed by atoms with Crippen molar-refractivity contribution in [3.63, 3.8) is 0 Å². The summed E-state index contributed by atoms with van der Waals surface area (Å²) < 4.78 is 5.77. The molecule has 148 valence electrons. The van der Waals surface area contributed by atoms with Crippen molar-refractivity contribution < 1.29 is 23.9 Å². The number of hydrogen-bond acceptors (Lipinski definition) is 5.